The smallest absolute Gasteiger partial charge is 0.265 e. The van der Waals surface area contributed by atoms with Gasteiger partial charge in [-0.2, -0.15) is 0 Å². The number of carbonyl (C=O) groups excluding carboxylic acids is 2. The highest BCUT2D eigenvalue weighted by Gasteiger charge is 2.30. The highest BCUT2D eigenvalue weighted by Crippen LogP contribution is 2.30. The maximum atomic E-state index is 13.0. The summed E-state index contributed by atoms with van der Waals surface area (Å²) >= 11 is 1.41. The van der Waals surface area contributed by atoms with Crippen molar-refractivity contribution in [1.82, 2.24) is 14.8 Å². The van der Waals surface area contributed by atoms with Crippen LogP contribution in [-0.4, -0.2) is 67.0 Å². The molecule has 27 heavy (non-hydrogen) atoms. The maximum absolute atomic E-state index is 13.0. The normalized spacial score (nSPS) is 14.2. The van der Waals surface area contributed by atoms with Gasteiger partial charge in [-0.15, -0.1) is 11.3 Å². The second-order valence-electron chi connectivity index (χ2n) is 6.27. The van der Waals surface area contributed by atoms with Crippen LogP contribution < -0.4 is 9.47 Å². The Balaban J connectivity index is 1.72. The summed E-state index contributed by atoms with van der Waals surface area (Å²) in [6, 6.07) is 5.26. The van der Waals surface area contributed by atoms with Crippen LogP contribution in [0, 0.1) is 13.8 Å². The van der Waals surface area contributed by atoms with Gasteiger partial charge in [-0.05, 0) is 26.0 Å². The van der Waals surface area contributed by atoms with E-state index in [2.05, 4.69) is 4.98 Å². The topological polar surface area (TPSA) is 72.0 Å². The minimum absolute atomic E-state index is 0.0138. The molecule has 1 aliphatic heterocycles. The van der Waals surface area contributed by atoms with Gasteiger partial charge in [-0.25, -0.2) is 4.98 Å². The Morgan fingerprint density at radius 1 is 0.963 bits per heavy atom. The molecule has 2 heterocycles. The number of aromatic nitrogens is 1. The van der Waals surface area contributed by atoms with Gasteiger partial charge in [0.1, 0.15) is 21.9 Å². The predicted octanol–water partition coefficient (Wildman–Crippen LogP) is 2.38. The molecule has 0 saturated carbocycles. The number of amides is 2. The van der Waals surface area contributed by atoms with E-state index in [1.54, 1.807) is 28.0 Å². The van der Waals surface area contributed by atoms with Gasteiger partial charge in [0.05, 0.1) is 24.9 Å². The summed E-state index contributed by atoms with van der Waals surface area (Å²) in [5.41, 5.74) is 1.18. The Hall–Kier alpha value is -2.61. The van der Waals surface area contributed by atoms with Gasteiger partial charge < -0.3 is 19.3 Å². The van der Waals surface area contributed by atoms with Crippen molar-refractivity contribution in [1.29, 1.82) is 0 Å². The average molecular weight is 389 g/mol. The van der Waals surface area contributed by atoms with Crippen LogP contribution in [0.25, 0.3) is 0 Å². The van der Waals surface area contributed by atoms with Crippen LogP contribution in [-0.2, 0) is 0 Å². The molecule has 0 unspecified atom stereocenters. The van der Waals surface area contributed by atoms with Crippen molar-refractivity contribution < 1.29 is 19.1 Å². The third-order valence-electron chi connectivity index (χ3n) is 4.59. The summed E-state index contributed by atoms with van der Waals surface area (Å²) in [5, 5.41) is 0.882. The number of ether oxygens (including phenoxy) is 2. The Morgan fingerprint density at radius 2 is 1.48 bits per heavy atom. The number of piperazine rings is 1. The zero-order chi connectivity index (χ0) is 19.6. The molecule has 1 aliphatic rings. The molecule has 8 heteroatoms. The summed E-state index contributed by atoms with van der Waals surface area (Å²) in [4.78, 5) is 34.3. The van der Waals surface area contributed by atoms with E-state index in [9.17, 15) is 9.59 Å². The Morgan fingerprint density at radius 3 is 1.93 bits per heavy atom. The number of hydrogen-bond acceptors (Lipinski definition) is 6. The molecular weight excluding hydrogens is 366 g/mol. The zero-order valence-corrected chi connectivity index (χ0v) is 16.8. The van der Waals surface area contributed by atoms with Gasteiger partial charge in [-0.3, -0.25) is 9.59 Å². The lowest BCUT2D eigenvalue weighted by Crippen LogP contribution is -2.50. The fraction of sp³-hybridized carbons (Fsp3) is 0.421. The highest BCUT2D eigenvalue weighted by atomic mass is 32.1. The number of thiazole rings is 1. The van der Waals surface area contributed by atoms with Crippen molar-refractivity contribution in [3.63, 3.8) is 0 Å². The molecule has 1 aromatic carbocycles. The molecule has 0 radical (unpaired) electrons. The number of methoxy groups -OCH3 is 2. The summed E-state index contributed by atoms with van der Waals surface area (Å²) in [5.74, 6) is 0.795. The van der Waals surface area contributed by atoms with Crippen molar-refractivity contribution in [2.24, 2.45) is 0 Å². The Labute approximate surface area is 162 Å². The molecule has 1 fully saturated rings. The van der Waals surface area contributed by atoms with Gasteiger partial charge in [0.15, 0.2) is 0 Å². The van der Waals surface area contributed by atoms with Crippen molar-refractivity contribution >= 4 is 23.2 Å². The summed E-state index contributed by atoms with van der Waals surface area (Å²) in [7, 11) is 3.06. The second-order valence-corrected chi connectivity index (χ2v) is 7.47. The molecule has 0 bridgehead atoms. The van der Waals surface area contributed by atoms with Crippen molar-refractivity contribution in [3.05, 3.63) is 39.3 Å². The fourth-order valence-electron chi connectivity index (χ4n) is 3.21. The van der Waals surface area contributed by atoms with E-state index in [4.69, 9.17) is 9.47 Å². The van der Waals surface area contributed by atoms with Gasteiger partial charge in [0.2, 0.25) is 0 Å². The monoisotopic (exact) mass is 389 g/mol. The van der Waals surface area contributed by atoms with E-state index in [0.29, 0.717) is 48.1 Å². The van der Waals surface area contributed by atoms with Crippen LogP contribution in [0.1, 0.15) is 30.7 Å². The summed E-state index contributed by atoms with van der Waals surface area (Å²) in [6.07, 6.45) is 0. The molecule has 2 aromatic rings. The maximum Gasteiger partial charge on any atom is 0.265 e. The molecule has 1 saturated heterocycles. The first-order valence-corrected chi connectivity index (χ1v) is 9.51. The van der Waals surface area contributed by atoms with Crippen LogP contribution in [0.2, 0.25) is 0 Å². The first-order valence-electron chi connectivity index (χ1n) is 8.69. The van der Waals surface area contributed by atoms with Crippen LogP contribution in [0.4, 0.5) is 0 Å². The standard InChI is InChI=1S/C19H23N3O4S/c1-12-17(27-13(2)20-12)19(24)22-10-8-21(9-11-22)18(23)16-14(25-3)6-5-7-15(16)26-4/h5-7H,8-11H2,1-4H3. The van der Waals surface area contributed by atoms with Crippen LogP contribution >= 0.6 is 11.3 Å². The first kappa shape index (κ1) is 19.2. The van der Waals surface area contributed by atoms with E-state index in [0.717, 1.165) is 10.7 Å². The van der Waals surface area contributed by atoms with E-state index in [1.165, 1.54) is 25.6 Å². The predicted molar refractivity (Wildman–Crippen MR) is 103 cm³/mol. The van der Waals surface area contributed by atoms with E-state index in [1.807, 2.05) is 13.8 Å². The number of carbonyl (C=O) groups is 2. The number of hydrogen-bond donors (Lipinski definition) is 0. The zero-order valence-electron chi connectivity index (χ0n) is 15.9. The van der Waals surface area contributed by atoms with Gasteiger partial charge in [0, 0.05) is 26.2 Å². The van der Waals surface area contributed by atoms with Crippen molar-refractivity contribution in [3.8, 4) is 11.5 Å². The first-order chi connectivity index (χ1) is 13.0. The third kappa shape index (κ3) is 3.75. The largest absolute Gasteiger partial charge is 0.496 e. The minimum atomic E-state index is -0.152. The number of rotatable bonds is 4. The van der Waals surface area contributed by atoms with E-state index >= 15 is 0 Å². The molecule has 0 N–H and O–H groups in total. The Bertz CT molecular complexity index is 834. The lowest BCUT2D eigenvalue weighted by molar-refractivity contribution is 0.0533. The fourth-order valence-corrected chi connectivity index (χ4v) is 4.09. The van der Waals surface area contributed by atoms with Gasteiger partial charge >= 0.3 is 0 Å². The lowest BCUT2D eigenvalue weighted by Gasteiger charge is -2.35. The summed E-state index contributed by atoms with van der Waals surface area (Å²) < 4.78 is 10.7. The average Bonchev–Trinajstić information content (AvgIpc) is 3.04. The van der Waals surface area contributed by atoms with Crippen molar-refractivity contribution in [2.45, 2.75) is 13.8 Å². The highest BCUT2D eigenvalue weighted by molar-refractivity contribution is 7.13. The SMILES string of the molecule is COc1cccc(OC)c1C(=O)N1CCN(C(=O)c2sc(C)nc2C)CC1. The van der Waals surface area contributed by atoms with Gasteiger partial charge in [-0.1, -0.05) is 6.07 Å². The number of aryl methyl sites for hydroxylation is 2. The van der Waals surface area contributed by atoms with Crippen LogP contribution in [0.15, 0.2) is 18.2 Å². The molecule has 7 nitrogen and oxygen atoms in total. The molecule has 1 aromatic heterocycles. The minimum Gasteiger partial charge on any atom is -0.496 e. The van der Waals surface area contributed by atoms with Crippen molar-refractivity contribution in [2.75, 3.05) is 40.4 Å². The molecular formula is C19H23N3O4S. The quantitative estimate of drug-likeness (QED) is 0.803. The molecule has 3 rings (SSSR count). The van der Waals surface area contributed by atoms with E-state index < -0.39 is 0 Å². The van der Waals surface area contributed by atoms with Crippen LogP contribution in [0.5, 0.6) is 11.5 Å². The number of nitrogens with zero attached hydrogens (tertiary/aromatic N) is 3. The molecule has 144 valence electrons. The summed E-state index contributed by atoms with van der Waals surface area (Å²) in [6.45, 7) is 5.64. The molecule has 0 aliphatic carbocycles. The number of benzene rings is 1. The molecule has 0 atom stereocenters. The lowest BCUT2D eigenvalue weighted by atomic mass is 10.1. The second kappa shape index (κ2) is 7.96. The third-order valence-corrected chi connectivity index (χ3v) is 5.65. The van der Waals surface area contributed by atoms with Crippen LogP contribution in [0.3, 0.4) is 0 Å². The van der Waals surface area contributed by atoms with E-state index in [-0.39, 0.29) is 11.8 Å². The van der Waals surface area contributed by atoms with Gasteiger partial charge in [0.25, 0.3) is 11.8 Å². The Kier molecular flexibility index (Phi) is 5.65. The molecule has 0 spiro atoms. The molecule has 2 amide bonds.